The number of H-pyrrole nitrogens is 1. The van der Waals surface area contributed by atoms with E-state index in [1.807, 2.05) is 30.9 Å². The largest absolute Gasteiger partial charge is 0.506 e. The fourth-order valence-electron chi connectivity index (χ4n) is 5.15. The minimum Gasteiger partial charge on any atom is -0.506 e. The zero-order valence-corrected chi connectivity index (χ0v) is 22.9. The molecule has 40 heavy (non-hydrogen) atoms. The molecule has 0 radical (unpaired) electrons. The number of ether oxygens (including phenoxy) is 1. The van der Waals surface area contributed by atoms with Gasteiger partial charge in [0.1, 0.15) is 17.1 Å². The summed E-state index contributed by atoms with van der Waals surface area (Å²) in [5.74, 6) is -0.450. The molecular weight excluding hydrogens is 523 g/mol. The Balaban J connectivity index is 1.59. The molecule has 0 aliphatic carbocycles. The number of aromatic hydroxyl groups is 1. The van der Waals surface area contributed by atoms with Crippen molar-refractivity contribution >= 4 is 5.91 Å². The molecule has 0 saturated carbocycles. The number of aryl methyl sites for hydroxylation is 2. The van der Waals surface area contributed by atoms with Gasteiger partial charge in [0, 0.05) is 49.5 Å². The summed E-state index contributed by atoms with van der Waals surface area (Å²) in [4.78, 5) is 33.0. The Bertz CT molecular complexity index is 1430. The molecule has 0 spiro atoms. The van der Waals surface area contributed by atoms with E-state index in [1.54, 1.807) is 12.1 Å². The molecule has 0 unspecified atom stereocenters. The number of rotatable bonds is 8. The van der Waals surface area contributed by atoms with Crippen LogP contribution in [0.3, 0.4) is 0 Å². The summed E-state index contributed by atoms with van der Waals surface area (Å²) in [6.07, 6.45) is -2.26. The highest BCUT2D eigenvalue weighted by Gasteiger charge is 2.32. The van der Waals surface area contributed by atoms with Crippen molar-refractivity contribution in [2.75, 3.05) is 33.3 Å². The van der Waals surface area contributed by atoms with Crippen LogP contribution in [0, 0.1) is 6.92 Å². The second-order valence-corrected chi connectivity index (χ2v) is 10.1. The van der Waals surface area contributed by atoms with Crippen LogP contribution in [-0.4, -0.2) is 59.1 Å². The number of hydrogen-bond donors (Lipinski definition) is 2. The Labute approximate surface area is 231 Å². The maximum Gasteiger partial charge on any atom is 0.416 e. The van der Waals surface area contributed by atoms with Gasteiger partial charge in [-0.15, -0.1) is 0 Å². The standard InChI is InChI=1S/C30H34F3N3O4/c1-4-5-11-22-25(24-19(2)8-6-12-23(24)40-3)27(37)26(28(38)34-22)29(39)36-15-13-35(14-16-36)18-20-9-7-10-21(17-20)30(31,32)33/h6-10,12,17H,4-5,11,13-16,18H2,1-3H3,(H2,34,37,38). The maximum absolute atomic E-state index is 13.6. The minimum atomic E-state index is -4.41. The van der Waals surface area contributed by atoms with Gasteiger partial charge in [0.05, 0.1) is 12.7 Å². The number of nitrogens with zero attached hydrogens (tertiary/aromatic N) is 2. The Morgan fingerprint density at radius 2 is 1.77 bits per heavy atom. The summed E-state index contributed by atoms with van der Waals surface area (Å²) >= 11 is 0. The lowest BCUT2D eigenvalue weighted by molar-refractivity contribution is -0.137. The van der Waals surface area contributed by atoms with Crippen molar-refractivity contribution in [1.29, 1.82) is 0 Å². The average Bonchev–Trinajstić information content (AvgIpc) is 2.92. The Morgan fingerprint density at radius 1 is 1.07 bits per heavy atom. The average molecular weight is 558 g/mol. The van der Waals surface area contributed by atoms with Crippen molar-refractivity contribution in [3.63, 3.8) is 0 Å². The molecule has 1 aromatic heterocycles. The number of carbonyl (C=O) groups excluding carboxylic acids is 1. The van der Waals surface area contributed by atoms with Crippen molar-refractivity contribution in [1.82, 2.24) is 14.8 Å². The van der Waals surface area contributed by atoms with Crippen LogP contribution in [0.25, 0.3) is 11.1 Å². The van der Waals surface area contributed by atoms with E-state index >= 15 is 0 Å². The highest BCUT2D eigenvalue weighted by molar-refractivity contribution is 5.99. The van der Waals surface area contributed by atoms with E-state index in [4.69, 9.17) is 4.74 Å². The highest BCUT2D eigenvalue weighted by atomic mass is 19.4. The lowest BCUT2D eigenvalue weighted by Crippen LogP contribution is -2.49. The molecule has 1 fully saturated rings. The van der Waals surface area contributed by atoms with E-state index in [-0.39, 0.29) is 24.4 Å². The number of halogens is 3. The molecule has 10 heteroatoms. The van der Waals surface area contributed by atoms with E-state index < -0.39 is 23.2 Å². The summed E-state index contributed by atoms with van der Waals surface area (Å²) in [5.41, 5.74) is 1.21. The van der Waals surface area contributed by atoms with E-state index in [9.17, 15) is 27.9 Å². The zero-order chi connectivity index (χ0) is 29.0. The SMILES string of the molecule is CCCCc1[nH]c(=O)c(C(=O)N2CCN(Cc3cccc(C(F)(F)F)c3)CC2)c(O)c1-c1c(C)cccc1OC. The number of nitrogens with one attached hydrogen (secondary N) is 1. The molecule has 0 bridgehead atoms. The van der Waals surface area contributed by atoms with Crippen LogP contribution in [0.15, 0.2) is 47.3 Å². The number of carbonyl (C=O) groups is 1. The van der Waals surface area contributed by atoms with Gasteiger partial charge in [-0.1, -0.05) is 43.7 Å². The Morgan fingerprint density at radius 3 is 2.42 bits per heavy atom. The third kappa shape index (κ3) is 6.17. The first-order chi connectivity index (χ1) is 19.0. The van der Waals surface area contributed by atoms with Crippen LogP contribution in [-0.2, 0) is 19.1 Å². The van der Waals surface area contributed by atoms with Crippen molar-refractivity contribution in [2.24, 2.45) is 0 Å². The lowest BCUT2D eigenvalue weighted by atomic mass is 9.93. The Hall–Kier alpha value is -3.79. The smallest absolute Gasteiger partial charge is 0.416 e. The van der Waals surface area contributed by atoms with E-state index in [1.165, 1.54) is 18.1 Å². The second kappa shape index (κ2) is 12.2. The monoisotopic (exact) mass is 557 g/mol. The molecule has 0 atom stereocenters. The molecule has 1 amide bonds. The highest BCUT2D eigenvalue weighted by Crippen LogP contribution is 2.41. The van der Waals surface area contributed by atoms with Gasteiger partial charge in [0.15, 0.2) is 0 Å². The molecule has 1 saturated heterocycles. The number of alkyl halides is 3. The van der Waals surface area contributed by atoms with Gasteiger partial charge >= 0.3 is 6.18 Å². The zero-order valence-electron chi connectivity index (χ0n) is 22.9. The summed E-state index contributed by atoms with van der Waals surface area (Å²) in [6.45, 7) is 5.55. The van der Waals surface area contributed by atoms with Crippen LogP contribution in [0.1, 0.15) is 52.5 Å². The van der Waals surface area contributed by atoms with Crippen molar-refractivity contribution in [3.05, 3.63) is 80.8 Å². The second-order valence-electron chi connectivity index (χ2n) is 10.1. The van der Waals surface area contributed by atoms with Gasteiger partial charge < -0.3 is 19.7 Å². The molecule has 2 N–H and O–H groups in total. The number of unbranched alkanes of at least 4 members (excludes halogenated alkanes) is 1. The third-order valence-electron chi connectivity index (χ3n) is 7.29. The molecule has 4 rings (SSSR count). The number of pyridine rings is 1. The van der Waals surface area contributed by atoms with E-state index in [0.29, 0.717) is 54.2 Å². The fourth-order valence-corrected chi connectivity index (χ4v) is 5.15. The minimum absolute atomic E-state index is 0.261. The molecule has 2 aromatic carbocycles. The van der Waals surface area contributed by atoms with Crippen molar-refractivity contribution in [2.45, 2.75) is 45.8 Å². The number of benzene rings is 2. The number of amides is 1. The number of hydrogen-bond acceptors (Lipinski definition) is 5. The number of methoxy groups -OCH3 is 1. The van der Waals surface area contributed by atoms with E-state index in [2.05, 4.69) is 4.98 Å². The number of piperazine rings is 1. The van der Waals surface area contributed by atoms with Crippen LogP contribution in [0.2, 0.25) is 0 Å². The topological polar surface area (TPSA) is 85.9 Å². The predicted molar refractivity (Wildman–Crippen MR) is 147 cm³/mol. The van der Waals surface area contributed by atoms with Gasteiger partial charge in [0.2, 0.25) is 0 Å². The van der Waals surface area contributed by atoms with Crippen LogP contribution in [0.4, 0.5) is 13.2 Å². The van der Waals surface area contributed by atoms with Crippen molar-refractivity contribution < 1.29 is 27.8 Å². The quantitative estimate of drug-likeness (QED) is 0.388. The van der Waals surface area contributed by atoms with Crippen LogP contribution >= 0.6 is 0 Å². The first-order valence-electron chi connectivity index (χ1n) is 13.3. The Kier molecular flexibility index (Phi) is 8.88. The summed E-state index contributed by atoms with van der Waals surface area (Å²) in [5, 5.41) is 11.5. The molecule has 2 heterocycles. The van der Waals surface area contributed by atoms with Gasteiger partial charge in [-0.05, 0) is 43.0 Å². The van der Waals surface area contributed by atoms with Gasteiger partial charge in [-0.25, -0.2) is 0 Å². The first-order valence-corrected chi connectivity index (χ1v) is 13.3. The predicted octanol–water partition coefficient (Wildman–Crippen LogP) is 5.38. The maximum atomic E-state index is 13.6. The lowest BCUT2D eigenvalue weighted by Gasteiger charge is -2.35. The number of aromatic nitrogens is 1. The van der Waals surface area contributed by atoms with Crippen LogP contribution in [0.5, 0.6) is 11.5 Å². The van der Waals surface area contributed by atoms with Gasteiger partial charge in [0.25, 0.3) is 11.5 Å². The van der Waals surface area contributed by atoms with E-state index in [0.717, 1.165) is 30.5 Å². The molecule has 1 aliphatic rings. The molecule has 3 aromatic rings. The first kappa shape index (κ1) is 29.2. The molecule has 1 aliphatic heterocycles. The molecule has 214 valence electrons. The molecule has 7 nitrogen and oxygen atoms in total. The third-order valence-corrected chi connectivity index (χ3v) is 7.29. The van der Waals surface area contributed by atoms with Crippen molar-refractivity contribution in [3.8, 4) is 22.6 Å². The van der Waals surface area contributed by atoms with Crippen LogP contribution < -0.4 is 10.3 Å². The molecular formula is C30H34F3N3O4. The fraction of sp³-hybridized carbons (Fsp3) is 0.400. The normalized spacial score (nSPS) is 14.4. The summed E-state index contributed by atoms with van der Waals surface area (Å²) < 4.78 is 44.8. The van der Waals surface area contributed by atoms with Gasteiger partial charge in [-0.2, -0.15) is 13.2 Å². The van der Waals surface area contributed by atoms with Gasteiger partial charge in [-0.3, -0.25) is 14.5 Å². The summed E-state index contributed by atoms with van der Waals surface area (Å²) in [6, 6.07) is 10.7. The summed E-state index contributed by atoms with van der Waals surface area (Å²) in [7, 11) is 1.53. The number of aromatic amines is 1.